The summed E-state index contributed by atoms with van der Waals surface area (Å²) in [5, 5.41) is 0. The predicted octanol–water partition coefficient (Wildman–Crippen LogP) is 2.29. The summed E-state index contributed by atoms with van der Waals surface area (Å²) in [7, 11) is 4.95. The number of amides is 1. The average molecular weight is 272 g/mol. The van der Waals surface area contributed by atoms with Crippen molar-refractivity contribution in [1.29, 1.82) is 0 Å². The van der Waals surface area contributed by atoms with Crippen molar-refractivity contribution in [1.82, 2.24) is 4.90 Å². The van der Waals surface area contributed by atoms with Crippen molar-refractivity contribution in [3.63, 3.8) is 0 Å². The van der Waals surface area contributed by atoms with E-state index < -0.39 is 0 Å². The van der Waals surface area contributed by atoms with Gasteiger partial charge in [0.15, 0.2) is 0 Å². The highest BCUT2D eigenvalue weighted by Crippen LogP contribution is 2.25. The van der Waals surface area contributed by atoms with Gasteiger partial charge < -0.3 is 14.4 Å². The standard InChI is InChI=1S/C13H18ClNO3/c1-15(13(16)6-7-14)9-10-8-11(17-2)4-5-12(10)18-3/h4-5,8H,6-7,9H2,1-3H3. The molecule has 0 bridgehead atoms. The molecule has 1 amide bonds. The summed E-state index contributed by atoms with van der Waals surface area (Å²) in [4.78, 5) is 13.3. The molecule has 1 aromatic carbocycles. The largest absolute Gasteiger partial charge is 0.497 e. The molecule has 1 rings (SSSR count). The number of methoxy groups -OCH3 is 2. The van der Waals surface area contributed by atoms with Crippen LogP contribution in [0.2, 0.25) is 0 Å². The number of benzene rings is 1. The van der Waals surface area contributed by atoms with E-state index >= 15 is 0 Å². The first-order valence-corrected chi connectivity index (χ1v) is 6.16. The van der Waals surface area contributed by atoms with Gasteiger partial charge in [-0.3, -0.25) is 4.79 Å². The maximum absolute atomic E-state index is 11.7. The van der Waals surface area contributed by atoms with Crippen LogP contribution in [0, 0.1) is 0 Å². The van der Waals surface area contributed by atoms with Crippen LogP contribution in [0.3, 0.4) is 0 Å². The summed E-state index contributed by atoms with van der Waals surface area (Å²) in [5.41, 5.74) is 0.905. The summed E-state index contributed by atoms with van der Waals surface area (Å²) >= 11 is 5.56. The van der Waals surface area contributed by atoms with Gasteiger partial charge in [-0.05, 0) is 18.2 Å². The van der Waals surface area contributed by atoms with Crippen molar-refractivity contribution >= 4 is 17.5 Å². The second kappa shape index (κ2) is 7.11. The molecule has 0 aromatic heterocycles. The molecule has 0 saturated carbocycles. The van der Waals surface area contributed by atoms with Crippen molar-refractivity contribution in [2.75, 3.05) is 27.1 Å². The molecule has 0 aliphatic carbocycles. The van der Waals surface area contributed by atoms with Crippen molar-refractivity contribution in [3.05, 3.63) is 23.8 Å². The van der Waals surface area contributed by atoms with Gasteiger partial charge in [-0.1, -0.05) is 0 Å². The normalized spacial score (nSPS) is 10.0. The van der Waals surface area contributed by atoms with Crippen LogP contribution >= 0.6 is 11.6 Å². The van der Waals surface area contributed by atoms with Crippen molar-refractivity contribution in [2.45, 2.75) is 13.0 Å². The molecule has 0 fully saturated rings. The number of nitrogens with zero attached hydrogens (tertiary/aromatic N) is 1. The molecule has 0 radical (unpaired) electrons. The number of halogens is 1. The first-order chi connectivity index (χ1) is 8.62. The predicted molar refractivity (Wildman–Crippen MR) is 71.4 cm³/mol. The SMILES string of the molecule is COc1ccc(OC)c(CN(C)C(=O)CCCl)c1. The maximum Gasteiger partial charge on any atom is 0.223 e. The molecule has 0 aliphatic rings. The molecule has 0 saturated heterocycles. The van der Waals surface area contributed by atoms with E-state index in [0.717, 1.165) is 17.1 Å². The van der Waals surface area contributed by atoms with Gasteiger partial charge >= 0.3 is 0 Å². The summed E-state index contributed by atoms with van der Waals surface area (Å²) in [6.45, 7) is 0.468. The fraction of sp³-hybridized carbons (Fsp3) is 0.462. The number of ether oxygens (including phenoxy) is 2. The number of hydrogen-bond donors (Lipinski definition) is 0. The lowest BCUT2D eigenvalue weighted by atomic mass is 10.1. The third kappa shape index (κ3) is 3.81. The number of hydrogen-bond acceptors (Lipinski definition) is 3. The molecule has 1 aromatic rings. The second-order valence-corrected chi connectivity index (χ2v) is 4.24. The summed E-state index contributed by atoms with van der Waals surface area (Å²) < 4.78 is 10.4. The highest BCUT2D eigenvalue weighted by molar-refractivity contribution is 6.18. The van der Waals surface area contributed by atoms with Gasteiger partial charge in [-0.2, -0.15) is 0 Å². The Labute approximate surface area is 112 Å². The highest BCUT2D eigenvalue weighted by atomic mass is 35.5. The van der Waals surface area contributed by atoms with E-state index in [4.69, 9.17) is 21.1 Å². The molecule has 0 atom stereocenters. The van der Waals surface area contributed by atoms with E-state index in [9.17, 15) is 4.79 Å². The van der Waals surface area contributed by atoms with Gasteiger partial charge in [0.05, 0.1) is 14.2 Å². The molecule has 0 heterocycles. The molecule has 4 nitrogen and oxygen atoms in total. The number of alkyl halides is 1. The smallest absolute Gasteiger partial charge is 0.223 e. The van der Waals surface area contributed by atoms with E-state index in [1.165, 1.54) is 0 Å². The summed E-state index contributed by atoms with van der Waals surface area (Å²) in [6.07, 6.45) is 0.338. The topological polar surface area (TPSA) is 38.8 Å². The van der Waals surface area contributed by atoms with Crippen LogP contribution in [-0.4, -0.2) is 38.0 Å². The molecule has 0 aliphatic heterocycles. The first-order valence-electron chi connectivity index (χ1n) is 5.63. The third-order valence-electron chi connectivity index (χ3n) is 2.63. The quantitative estimate of drug-likeness (QED) is 0.745. The van der Waals surface area contributed by atoms with Crippen LogP contribution in [0.4, 0.5) is 0 Å². The van der Waals surface area contributed by atoms with Crippen LogP contribution in [0.15, 0.2) is 18.2 Å². The Morgan fingerprint density at radius 1 is 1.33 bits per heavy atom. The lowest BCUT2D eigenvalue weighted by Gasteiger charge is -2.19. The monoisotopic (exact) mass is 271 g/mol. The van der Waals surface area contributed by atoms with Gasteiger partial charge in [-0.15, -0.1) is 11.6 Å². The molecule has 100 valence electrons. The van der Waals surface area contributed by atoms with Crippen LogP contribution in [0.1, 0.15) is 12.0 Å². The minimum Gasteiger partial charge on any atom is -0.497 e. The summed E-state index contributed by atoms with van der Waals surface area (Å²) in [6, 6.07) is 5.51. The van der Waals surface area contributed by atoms with Crippen LogP contribution in [0.5, 0.6) is 11.5 Å². The van der Waals surface area contributed by atoms with Gasteiger partial charge in [0.25, 0.3) is 0 Å². The van der Waals surface area contributed by atoms with Crippen molar-refractivity contribution < 1.29 is 14.3 Å². The van der Waals surface area contributed by atoms with Gasteiger partial charge in [0, 0.05) is 31.5 Å². The average Bonchev–Trinajstić information content (AvgIpc) is 2.38. The van der Waals surface area contributed by atoms with Gasteiger partial charge in [-0.25, -0.2) is 0 Å². The minimum atomic E-state index is 0.00914. The Bertz CT molecular complexity index is 409. The van der Waals surface area contributed by atoms with Crippen molar-refractivity contribution in [3.8, 4) is 11.5 Å². The zero-order valence-electron chi connectivity index (χ0n) is 10.9. The van der Waals surface area contributed by atoms with Crippen LogP contribution < -0.4 is 9.47 Å². The molecule has 0 unspecified atom stereocenters. The Hall–Kier alpha value is -1.42. The van der Waals surface area contributed by atoms with E-state index in [1.807, 2.05) is 18.2 Å². The van der Waals surface area contributed by atoms with Gasteiger partial charge in [0.1, 0.15) is 11.5 Å². The van der Waals surface area contributed by atoms with Crippen molar-refractivity contribution in [2.24, 2.45) is 0 Å². The fourth-order valence-electron chi connectivity index (χ4n) is 1.62. The fourth-order valence-corrected chi connectivity index (χ4v) is 1.78. The van der Waals surface area contributed by atoms with Crippen LogP contribution in [-0.2, 0) is 11.3 Å². The molecule has 18 heavy (non-hydrogen) atoms. The summed E-state index contributed by atoms with van der Waals surface area (Å²) in [5.74, 6) is 1.82. The molecule has 5 heteroatoms. The minimum absolute atomic E-state index is 0.00914. The van der Waals surface area contributed by atoms with E-state index in [1.54, 1.807) is 26.2 Å². The zero-order valence-corrected chi connectivity index (χ0v) is 11.7. The molecule has 0 N–H and O–H groups in total. The highest BCUT2D eigenvalue weighted by Gasteiger charge is 2.12. The molecular formula is C13H18ClNO3. The Morgan fingerprint density at radius 3 is 2.61 bits per heavy atom. The van der Waals surface area contributed by atoms with E-state index in [0.29, 0.717) is 18.8 Å². The third-order valence-corrected chi connectivity index (χ3v) is 2.82. The number of carbonyl (C=O) groups is 1. The van der Waals surface area contributed by atoms with Gasteiger partial charge in [0.2, 0.25) is 5.91 Å². The second-order valence-electron chi connectivity index (χ2n) is 3.87. The number of rotatable bonds is 6. The molecule has 0 spiro atoms. The lowest BCUT2D eigenvalue weighted by molar-refractivity contribution is -0.130. The lowest BCUT2D eigenvalue weighted by Crippen LogP contribution is -2.26. The van der Waals surface area contributed by atoms with E-state index in [-0.39, 0.29) is 5.91 Å². The van der Waals surface area contributed by atoms with Crippen LogP contribution in [0.25, 0.3) is 0 Å². The zero-order chi connectivity index (χ0) is 13.5. The number of carbonyl (C=O) groups excluding carboxylic acids is 1. The maximum atomic E-state index is 11.7. The Balaban J connectivity index is 2.84. The van der Waals surface area contributed by atoms with E-state index in [2.05, 4.69) is 0 Å². The first kappa shape index (κ1) is 14.6. The Morgan fingerprint density at radius 2 is 2.06 bits per heavy atom. The molecular weight excluding hydrogens is 254 g/mol. The Kier molecular flexibility index (Phi) is 5.78.